The second-order valence-corrected chi connectivity index (χ2v) is 7.65. The SMILES string of the molecule is CC(C)(C)OC(=O)CCC(Br)COCCOCCOCCOCCO. The Morgan fingerprint density at radius 1 is 0.920 bits per heavy atom. The molecule has 8 heteroatoms. The molecule has 7 nitrogen and oxygen atoms in total. The number of carbonyl (C=O) groups is 1. The van der Waals surface area contributed by atoms with Gasteiger partial charge in [0.25, 0.3) is 0 Å². The molecule has 0 aromatic carbocycles. The number of rotatable bonds is 16. The van der Waals surface area contributed by atoms with Crippen molar-refractivity contribution in [2.45, 2.75) is 44.0 Å². The average Bonchev–Trinajstić information content (AvgIpc) is 2.52. The first-order chi connectivity index (χ1) is 11.8. The highest BCUT2D eigenvalue weighted by Crippen LogP contribution is 2.13. The van der Waals surface area contributed by atoms with Crippen molar-refractivity contribution in [3.63, 3.8) is 0 Å². The van der Waals surface area contributed by atoms with E-state index in [1.54, 1.807) is 0 Å². The lowest BCUT2D eigenvalue weighted by Gasteiger charge is -2.20. The fourth-order valence-corrected chi connectivity index (χ4v) is 2.10. The van der Waals surface area contributed by atoms with Crippen molar-refractivity contribution < 1.29 is 33.6 Å². The van der Waals surface area contributed by atoms with E-state index in [-0.39, 0.29) is 17.4 Å². The van der Waals surface area contributed by atoms with Gasteiger partial charge in [-0.1, -0.05) is 15.9 Å². The van der Waals surface area contributed by atoms with Gasteiger partial charge in [-0.05, 0) is 27.2 Å². The summed E-state index contributed by atoms with van der Waals surface area (Å²) in [6, 6.07) is 0. The Bertz CT molecular complexity index is 321. The van der Waals surface area contributed by atoms with Crippen LogP contribution in [0.15, 0.2) is 0 Å². The first-order valence-electron chi connectivity index (χ1n) is 8.63. The lowest BCUT2D eigenvalue weighted by Crippen LogP contribution is -2.24. The lowest BCUT2D eigenvalue weighted by atomic mass is 10.2. The summed E-state index contributed by atoms with van der Waals surface area (Å²) in [7, 11) is 0. The third-order valence-electron chi connectivity index (χ3n) is 2.73. The van der Waals surface area contributed by atoms with Gasteiger partial charge >= 0.3 is 5.97 Å². The minimum atomic E-state index is -0.442. The zero-order chi connectivity index (χ0) is 19.0. The van der Waals surface area contributed by atoms with Crippen LogP contribution in [-0.4, -0.2) is 81.0 Å². The van der Waals surface area contributed by atoms with Crippen LogP contribution >= 0.6 is 15.9 Å². The number of esters is 1. The van der Waals surface area contributed by atoms with E-state index in [1.165, 1.54) is 0 Å². The van der Waals surface area contributed by atoms with E-state index in [0.29, 0.717) is 65.7 Å². The van der Waals surface area contributed by atoms with Crippen LogP contribution in [0.3, 0.4) is 0 Å². The zero-order valence-corrected chi connectivity index (χ0v) is 17.2. The first-order valence-corrected chi connectivity index (χ1v) is 9.54. The Labute approximate surface area is 159 Å². The predicted molar refractivity (Wildman–Crippen MR) is 98.2 cm³/mol. The summed E-state index contributed by atoms with van der Waals surface area (Å²) in [6.07, 6.45) is 1.04. The zero-order valence-electron chi connectivity index (χ0n) is 15.6. The molecule has 1 N–H and O–H groups in total. The van der Waals surface area contributed by atoms with Crippen molar-refractivity contribution in [2.75, 3.05) is 59.5 Å². The number of halogens is 1. The lowest BCUT2D eigenvalue weighted by molar-refractivity contribution is -0.154. The molecular weight excluding hydrogens is 396 g/mol. The van der Waals surface area contributed by atoms with Crippen molar-refractivity contribution in [3.05, 3.63) is 0 Å². The molecule has 0 radical (unpaired) electrons. The first kappa shape index (κ1) is 24.8. The standard InChI is InChI=1S/C17H33BrO7/c1-17(2,3)25-16(20)5-4-15(18)14-24-13-12-23-11-10-22-9-8-21-7-6-19/h15,19H,4-14H2,1-3H3. The molecule has 0 aliphatic rings. The van der Waals surface area contributed by atoms with Crippen LogP contribution in [0.2, 0.25) is 0 Å². The van der Waals surface area contributed by atoms with Gasteiger partial charge in [0.2, 0.25) is 0 Å². The highest BCUT2D eigenvalue weighted by Gasteiger charge is 2.17. The maximum atomic E-state index is 11.6. The molecular formula is C17H33BrO7. The summed E-state index contributed by atoms with van der Waals surface area (Å²) < 4.78 is 26.5. The number of ether oxygens (including phenoxy) is 5. The fourth-order valence-electron chi connectivity index (χ4n) is 1.69. The smallest absolute Gasteiger partial charge is 0.306 e. The topological polar surface area (TPSA) is 83.5 Å². The Morgan fingerprint density at radius 3 is 1.88 bits per heavy atom. The molecule has 0 aromatic heterocycles. The van der Waals surface area contributed by atoms with Crippen LogP contribution in [0, 0.1) is 0 Å². The second-order valence-electron chi connectivity index (χ2n) is 6.36. The summed E-state index contributed by atoms with van der Waals surface area (Å²) in [5.41, 5.74) is -0.442. The molecule has 1 atom stereocenters. The van der Waals surface area contributed by atoms with Gasteiger partial charge in [-0.3, -0.25) is 4.79 Å². The van der Waals surface area contributed by atoms with Crippen LogP contribution in [0.25, 0.3) is 0 Å². The maximum Gasteiger partial charge on any atom is 0.306 e. The summed E-state index contributed by atoms with van der Waals surface area (Å²) in [5.74, 6) is -0.193. The van der Waals surface area contributed by atoms with Crippen molar-refractivity contribution in [2.24, 2.45) is 0 Å². The number of alkyl halides is 1. The van der Waals surface area contributed by atoms with Gasteiger partial charge in [0, 0.05) is 11.2 Å². The highest BCUT2D eigenvalue weighted by molar-refractivity contribution is 9.09. The van der Waals surface area contributed by atoms with E-state index >= 15 is 0 Å². The van der Waals surface area contributed by atoms with Crippen LogP contribution in [0.4, 0.5) is 0 Å². The minimum Gasteiger partial charge on any atom is -0.460 e. The number of carbonyl (C=O) groups excluding carboxylic acids is 1. The summed E-state index contributed by atoms with van der Waals surface area (Å²) in [4.78, 5) is 11.7. The number of aliphatic hydroxyl groups is 1. The molecule has 0 spiro atoms. The van der Waals surface area contributed by atoms with Crippen LogP contribution < -0.4 is 0 Å². The number of hydrogen-bond acceptors (Lipinski definition) is 7. The molecule has 0 heterocycles. The molecule has 0 bridgehead atoms. The molecule has 0 amide bonds. The Balaban J connectivity index is 3.32. The summed E-state index contributed by atoms with van der Waals surface area (Å²) in [5, 5.41) is 8.52. The number of hydrogen-bond donors (Lipinski definition) is 1. The van der Waals surface area contributed by atoms with Crippen LogP contribution in [0.1, 0.15) is 33.6 Å². The molecule has 0 rings (SSSR count). The van der Waals surface area contributed by atoms with Crippen molar-refractivity contribution in [1.29, 1.82) is 0 Å². The van der Waals surface area contributed by atoms with Gasteiger partial charge in [0.15, 0.2) is 0 Å². The van der Waals surface area contributed by atoms with E-state index in [9.17, 15) is 4.79 Å². The molecule has 25 heavy (non-hydrogen) atoms. The van der Waals surface area contributed by atoms with E-state index < -0.39 is 5.60 Å². The Morgan fingerprint density at radius 2 is 1.40 bits per heavy atom. The van der Waals surface area contributed by atoms with E-state index in [4.69, 9.17) is 28.8 Å². The molecule has 0 fully saturated rings. The Kier molecular flexibility index (Phi) is 15.8. The largest absolute Gasteiger partial charge is 0.460 e. The van der Waals surface area contributed by atoms with Gasteiger partial charge in [-0.2, -0.15) is 0 Å². The molecule has 150 valence electrons. The highest BCUT2D eigenvalue weighted by atomic mass is 79.9. The normalized spacial score (nSPS) is 13.0. The van der Waals surface area contributed by atoms with Gasteiger partial charge in [0.05, 0.1) is 59.5 Å². The van der Waals surface area contributed by atoms with E-state index in [0.717, 1.165) is 0 Å². The van der Waals surface area contributed by atoms with Crippen molar-refractivity contribution in [1.82, 2.24) is 0 Å². The van der Waals surface area contributed by atoms with Gasteiger partial charge in [-0.15, -0.1) is 0 Å². The fraction of sp³-hybridized carbons (Fsp3) is 0.941. The summed E-state index contributed by atoms with van der Waals surface area (Å²) in [6.45, 7) is 9.40. The molecule has 0 aromatic rings. The third kappa shape index (κ3) is 19.9. The monoisotopic (exact) mass is 428 g/mol. The minimum absolute atomic E-state index is 0.0272. The van der Waals surface area contributed by atoms with Gasteiger partial charge in [-0.25, -0.2) is 0 Å². The molecule has 1 unspecified atom stereocenters. The van der Waals surface area contributed by atoms with E-state index in [1.807, 2.05) is 20.8 Å². The molecule has 0 saturated heterocycles. The molecule has 0 aliphatic heterocycles. The van der Waals surface area contributed by atoms with Crippen molar-refractivity contribution >= 4 is 21.9 Å². The van der Waals surface area contributed by atoms with Crippen molar-refractivity contribution in [3.8, 4) is 0 Å². The predicted octanol–water partition coefficient (Wildman–Crippen LogP) is 1.93. The average molecular weight is 429 g/mol. The van der Waals surface area contributed by atoms with Crippen LogP contribution in [-0.2, 0) is 28.5 Å². The quantitative estimate of drug-likeness (QED) is 0.228. The molecule has 0 saturated carbocycles. The second kappa shape index (κ2) is 16.0. The van der Waals surface area contributed by atoms with Crippen LogP contribution in [0.5, 0.6) is 0 Å². The van der Waals surface area contributed by atoms with E-state index in [2.05, 4.69) is 15.9 Å². The molecule has 0 aliphatic carbocycles. The van der Waals surface area contributed by atoms with Gasteiger partial charge in [0.1, 0.15) is 5.60 Å². The third-order valence-corrected chi connectivity index (χ3v) is 3.45. The summed E-state index contributed by atoms with van der Waals surface area (Å²) >= 11 is 3.49. The van der Waals surface area contributed by atoms with Gasteiger partial charge < -0.3 is 28.8 Å². The Hall–Kier alpha value is -0.250. The number of aliphatic hydroxyl groups excluding tert-OH is 1. The maximum absolute atomic E-state index is 11.6.